The van der Waals surface area contributed by atoms with E-state index in [1.54, 1.807) is 0 Å². The first kappa shape index (κ1) is 48.3. The highest BCUT2D eigenvalue weighted by Crippen LogP contribution is 2.43. The van der Waals surface area contributed by atoms with Crippen molar-refractivity contribution in [3.63, 3.8) is 0 Å². The molecule has 24 nitrogen and oxygen atoms in total. The number of esters is 1. The van der Waals surface area contributed by atoms with Crippen molar-refractivity contribution in [2.45, 2.75) is 92.1 Å². The van der Waals surface area contributed by atoms with Crippen LogP contribution in [-0.4, -0.2) is 195 Å². The Kier molecular flexibility index (Phi) is 14.7. The first-order valence-corrected chi connectivity index (χ1v) is 20.0. The Morgan fingerprint density at radius 2 is 1.11 bits per heavy atom. The quantitative estimate of drug-likeness (QED) is 0.0275. The van der Waals surface area contributed by atoms with Crippen molar-refractivity contribution in [2.24, 2.45) is 0 Å². The van der Waals surface area contributed by atoms with Crippen molar-refractivity contribution in [2.75, 3.05) is 19.8 Å². The van der Waals surface area contributed by atoms with Gasteiger partial charge in [0.05, 0.1) is 24.8 Å². The number of rotatable bonds is 13. The third kappa shape index (κ3) is 10.0. The van der Waals surface area contributed by atoms with Crippen LogP contribution in [0, 0.1) is 0 Å². The van der Waals surface area contributed by atoms with Gasteiger partial charge in [0.25, 0.3) is 0 Å². The van der Waals surface area contributed by atoms with Gasteiger partial charge in [-0.1, -0.05) is 6.07 Å². The molecule has 4 aromatic rings. The van der Waals surface area contributed by atoms with Crippen LogP contribution >= 0.6 is 0 Å². The average molecular weight is 936 g/mol. The van der Waals surface area contributed by atoms with E-state index in [0.29, 0.717) is 5.56 Å². The van der Waals surface area contributed by atoms with Crippen molar-refractivity contribution in [3.05, 3.63) is 66.2 Å². The van der Waals surface area contributed by atoms with Gasteiger partial charge in [-0.05, 0) is 35.9 Å². The highest BCUT2D eigenvalue weighted by molar-refractivity contribution is 5.89. The minimum Gasteiger partial charge on any atom is -0.507 e. The molecule has 7 rings (SSSR count). The lowest BCUT2D eigenvalue weighted by molar-refractivity contribution is -0.278. The molecular weight excluding hydrogens is 888 g/mol. The standard InChI is InChI=1S/C42H46O24/c43-12-26-30(50)33(53)37(57)41(64-26)62-24-8-16(3-5-20(24)46)39-25(63-42-38(58)34(54)31(51)27(13-44)65-42)11-18-21(47)9-17(10-23(18)61-39)60-40-36(56)35(55)32(52)28(66-40)14-59-29(49)6-2-15-1-4-19(45)22(48)7-15/h1-11,26-28,30-38,40-44,50-58H,12-14H2,(H3-,45,46,47,48,49)/p+1. The predicted molar refractivity (Wildman–Crippen MR) is 215 cm³/mol. The number of aliphatic hydroxyl groups excluding tert-OH is 11. The van der Waals surface area contributed by atoms with Gasteiger partial charge >= 0.3 is 17.3 Å². The van der Waals surface area contributed by atoms with Crippen LogP contribution < -0.4 is 14.2 Å². The third-order valence-corrected chi connectivity index (χ3v) is 10.9. The number of hydrogen-bond acceptors (Lipinski definition) is 23. The Bertz CT molecular complexity index is 2370. The van der Waals surface area contributed by atoms with E-state index in [9.17, 15) is 81.4 Å². The molecule has 4 heterocycles. The predicted octanol–water partition coefficient (Wildman–Crippen LogP) is -3.00. The zero-order valence-electron chi connectivity index (χ0n) is 34.0. The Morgan fingerprint density at radius 3 is 1.70 bits per heavy atom. The second-order valence-electron chi connectivity index (χ2n) is 15.5. The maximum absolute atomic E-state index is 12.5. The summed E-state index contributed by atoms with van der Waals surface area (Å²) in [5, 5.41) is 155. The number of phenolic OH excluding ortho intramolecular Hbond substituents is 4. The number of aromatic hydroxyl groups is 4. The fraction of sp³-hybridized carbons (Fsp3) is 0.429. The minimum atomic E-state index is -1.93. The molecule has 0 radical (unpaired) electrons. The topological polar surface area (TPSA) is 396 Å². The van der Waals surface area contributed by atoms with Crippen LogP contribution in [0.2, 0.25) is 0 Å². The first-order chi connectivity index (χ1) is 31.4. The number of fused-ring (bicyclic) bond motifs is 1. The number of benzene rings is 3. The van der Waals surface area contributed by atoms with Crippen molar-refractivity contribution >= 4 is 23.0 Å². The lowest BCUT2D eigenvalue weighted by atomic mass is 9.99. The minimum absolute atomic E-state index is 0.0312. The maximum atomic E-state index is 12.5. The van der Waals surface area contributed by atoms with Gasteiger partial charge in [-0.3, -0.25) is 0 Å². The van der Waals surface area contributed by atoms with E-state index >= 15 is 0 Å². The summed E-state index contributed by atoms with van der Waals surface area (Å²) in [6.07, 6.45) is -24.0. The van der Waals surface area contributed by atoms with Gasteiger partial charge in [0.1, 0.15) is 96.7 Å². The van der Waals surface area contributed by atoms with Crippen LogP contribution in [0.5, 0.6) is 40.2 Å². The van der Waals surface area contributed by atoms with Crippen molar-refractivity contribution in [3.8, 4) is 51.6 Å². The molecule has 3 fully saturated rings. The summed E-state index contributed by atoms with van der Waals surface area (Å²) in [4.78, 5) is 12.5. The Hall–Kier alpha value is -5.68. The number of carbonyl (C=O) groups is 1. The van der Waals surface area contributed by atoms with E-state index in [1.165, 1.54) is 42.5 Å². The van der Waals surface area contributed by atoms with Crippen LogP contribution in [0.25, 0.3) is 28.4 Å². The number of hydrogen-bond donors (Lipinski definition) is 15. The Morgan fingerprint density at radius 1 is 0.561 bits per heavy atom. The summed E-state index contributed by atoms with van der Waals surface area (Å²) in [6.45, 7) is -2.26. The van der Waals surface area contributed by atoms with Crippen LogP contribution in [0.4, 0.5) is 0 Å². The molecule has 15 unspecified atom stereocenters. The van der Waals surface area contributed by atoms with Crippen LogP contribution in [0.3, 0.4) is 0 Å². The smallest absolute Gasteiger partial charge is 0.402 e. The van der Waals surface area contributed by atoms with Gasteiger partial charge in [-0.25, -0.2) is 9.21 Å². The number of carbonyl (C=O) groups excluding carboxylic acids is 1. The van der Waals surface area contributed by atoms with Gasteiger partial charge in [0.15, 0.2) is 23.0 Å². The zero-order chi connectivity index (χ0) is 47.7. The molecule has 0 bridgehead atoms. The maximum Gasteiger partial charge on any atom is 0.402 e. The summed E-state index contributed by atoms with van der Waals surface area (Å²) in [6, 6.07) is 10.6. The van der Waals surface area contributed by atoms with E-state index in [-0.39, 0.29) is 39.5 Å². The summed E-state index contributed by atoms with van der Waals surface area (Å²) in [5.74, 6) is -4.26. The largest absolute Gasteiger partial charge is 0.507 e. The molecule has 3 aliphatic rings. The zero-order valence-corrected chi connectivity index (χ0v) is 34.0. The molecule has 0 saturated carbocycles. The Balaban J connectivity index is 1.18. The summed E-state index contributed by atoms with van der Waals surface area (Å²) >= 11 is 0. The molecule has 0 aliphatic carbocycles. The highest BCUT2D eigenvalue weighted by Gasteiger charge is 2.48. The summed E-state index contributed by atoms with van der Waals surface area (Å²) < 4.78 is 45.3. The molecule has 3 aromatic carbocycles. The van der Waals surface area contributed by atoms with Gasteiger partial charge < -0.3 is 110 Å². The lowest BCUT2D eigenvalue weighted by Crippen LogP contribution is -2.60. The highest BCUT2D eigenvalue weighted by atomic mass is 16.7. The van der Waals surface area contributed by atoms with Crippen molar-refractivity contribution in [1.29, 1.82) is 0 Å². The van der Waals surface area contributed by atoms with E-state index in [4.69, 9.17) is 37.6 Å². The second-order valence-corrected chi connectivity index (χ2v) is 15.5. The summed E-state index contributed by atoms with van der Waals surface area (Å²) in [7, 11) is 0. The molecule has 3 aliphatic heterocycles. The normalized spacial score (nSPS) is 32.6. The van der Waals surface area contributed by atoms with Crippen LogP contribution in [0.15, 0.2) is 65.1 Å². The van der Waals surface area contributed by atoms with Gasteiger partial charge in [-0.15, -0.1) is 0 Å². The molecule has 15 N–H and O–H groups in total. The van der Waals surface area contributed by atoms with Gasteiger partial charge in [-0.2, -0.15) is 0 Å². The van der Waals surface area contributed by atoms with Gasteiger partial charge in [0, 0.05) is 24.3 Å². The molecule has 24 heteroatoms. The molecule has 66 heavy (non-hydrogen) atoms. The van der Waals surface area contributed by atoms with Crippen molar-refractivity contribution in [1.82, 2.24) is 0 Å². The molecule has 0 amide bonds. The van der Waals surface area contributed by atoms with E-state index < -0.39 is 141 Å². The fourth-order valence-electron chi connectivity index (χ4n) is 7.17. The third-order valence-electron chi connectivity index (χ3n) is 10.9. The van der Waals surface area contributed by atoms with Gasteiger partial charge in [0.2, 0.25) is 24.6 Å². The lowest BCUT2D eigenvalue weighted by Gasteiger charge is -2.39. The van der Waals surface area contributed by atoms with E-state index in [0.717, 1.165) is 24.3 Å². The number of phenols is 4. The summed E-state index contributed by atoms with van der Waals surface area (Å²) in [5.41, 5.74) is 0.0823. The number of aliphatic hydroxyl groups is 11. The molecule has 15 atom stereocenters. The van der Waals surface area contributed by atoms with E-state index in [1.807, 2.05) is 0 Å². The molecule has 1 aromatic heterocycles. The Labute approximate surface area is 371 Å². The molecule has 3 saturated heterocycles. The van der Waals surface area contributed by atoms with E-state index in [2.05, 4.69) is 0 Å². The average Bonchev–Trinajstić information content (AvgIpc) is 3.30. The molecule has 358 valence electrons. The van der Waals surface area contributed by atoms with Crippen LogP contribution in [0.1, 0.15) is 5.56 Å². The fourth-order valence-corrected chi connectivity index (χ4v) is 7.17. The molecular formula is C42H47O24+. The molecule has 0 spiro atoms. The first-order valence-electron chi connectivity index (χ1n) is 20.0. The van der Waals surface area contributed by atoms with Crippen molar-refractivity contribution < 1.29 is 119 Å². The van der Waals surface area contributed by atoms with Crippen LogP contribution in [-0.2, 0) is 23.7 Å². The monoisotopic (exact) mass is 935 g/mol. The SMILES string of the molecule is O=C(C=Cc1ccc(O)c(O)c1)OCC1OC(Oc2cc(O)c3cc(OC4OC(CO)C(O)C(O)C4O)c(-c4ccc(O)c(OC5OC(CO)C(O)C(O)C5O)c4)[o+]c3c2)C(O)C(O)C1O. The second kappa shape index (κ2) is 20.0. The number of ether oxygens (including phenoxy) is 7.